The van der Waals surface area contributed by atoms with Crippen LogP contribution in [-0.2, 0) is 5.33 Å². The fourth-order valence-corrected chi connectivity index (χ4v) is 1.25. The van der Waals surface area contributed by atoms with Crippen LogP contribution in [0.4, 0.5) is 0 Å². The number of rotatable bonds is 1. The lowest BCUT2D eigenvalue weighted by Gasteiger charge is -1.92. The molecule has 2 aromatic heterocycles. The quantitative estimate of drug-likeness (QED) is 0.733. The van der Waals surface area contributed by atoms with Crippen LogP contribution in [0.5, 0.6) is 0 Å². The second-order valence-electron chi connectivity index (χ2n) is 2.25. The topological polar surface area (TPSA) is 41.6 Å². The van der Waals surface area contributed by atoms with E-state index in [2.05, 4.69) is 30.9 Å². The highest BCUT2D eigenvalue weighted by Crippen LogP contribution is 2.10. The average Bonchev–Trinajstić information content (AvgIpc) is 2.50. The third-order valence-electron chi connectivity index (χ3n) is 1.48. The molecule has 2 rings (SSSR count). The zero-order valence-corrected chi connectivity index (χ0v) is 7.30. The number of fused-ring (bicyclic) bond motifs is 1. The van der Waals surface area contributed by atoms with Crippen molar-refractivity contribution >= 4 is 27.1 Å². The summed E-state index contributed by atoms with van der Waals surface area (Å²) in [6, 6.07) is 2.03. The summed E-state index contributed by atoms with van der Waals surface area (Å²) in [5, 5.41) is 0.828. The summed E-state index contributed by atoms with van der Waals surface area (Å²) < 4.78 is 0. The molecular formula is C7H6BrN3. The molecule has 56 valence electrons. The molecule has 0 saturated heterocycles. The molecule has 0 aliphatic carbocycles. The van der Waals surface area contributed by atoms with Crippen LogP contribution in [0.2, 0.25) is 0 Å². The van der Waals surface area contributed by atoms with Gasteiger partial charge in [0.2, 0.25) is 0 Å². The van der Waals surface area contributed by atoms with Crippen LogP contribution in [-0.4, -0.2) is 15.0 Å². The average molecular weight is 212 g/mol. The molecule has 4 heteroatoms. The first-order valence-corrected chi connectivity index (χ1v) is 4.36. The van der Waals surface area contributed by atoms with Gasteiger partial charge in [-0.1, -0.05) is 15.9 Å². The fourth-order valence-electron chi connectivity index (χ4n) is 0.946. The molecule has 0 aliphatic heterocycles. The Morgan fingerprint density at radius 3 is 3.18 bits per heavy atom. The molecule has 0 spiro atoms. The summed E-state index contributed by atoms with van der Waals surface area (Å²) in [5.74, 6) is 0. The molecule has 0 fully saturated rings. The van der Waals surface area contributed by atoms with Crippen molar-refractivity contribution in [3.05, 3.63) is 24.2 Å². The zero-order valence-electron chi connectivity index (χ0n) is 5.71. The van der Waals surface area contributed by atoms with Crippen LogP contribution in [0.15, 0.2) is 18.6 Å². The number of imidazole rings is 1. The largest absolute Gasteiger partial charge is 0.343 e. The molecule has 0 radical (unpaired) electrons. The first kappa shape index (κ1) is 6.79. The minimum atomic E-state index is 0.773. The maximum absolute atomic E-state index is 4.14. The van der Waals surface area contributed by atoms with E-state index in [0.29, 0.717) is 0 Å². The Labute approximate surface area is 72.0 Å². The van der Waals surface area contributed by atoms with Crippen molar-refractivity contribution in [2.24, 2.45) is 0 Å². The highest BCUT2D eigenvalue weighted by Gasteiger charge is 1.96. The van der Waals surface area contributed by atoms with Gasteiger partial charge in [-0.3, -0.25) is 0 Å². The van der Waals surface area contributed by atoms with Gasteiger partial charge in [-0.05, 0) is 11.6 Å². The number of hydrogen-bond acceptors (Lipinski definition) is 2. The SMILES string of the molecule is BrCc1cnc2nc[nH]c2c1. The van der Waals surface area contributed by atoms with Crippen LogP contribution in [0.25, 0.3) is 11.2 Å². The summed E-state index contributed by atoms with van der Waals surface area (Å²) in [5.41, 5.74) is 2.92. The molecule has 0 saturated carbocycles. The number of hydrogen-bond donors (Lipinski definition) is 1. The lowest BCUT2D eigenvalue weighted by Crippen LogP contribution is -1.81. The molecule has 11 heavy (non-hydrogen) atoms. The highest BCUT2D eigenvalue weighted by atomic mass is 79.9. The Morgan fingerprint density at radius 2 is 2.36 bits per heavy atom. The Morgan fingerprint density at radius 1 is 1.45 bits per heavy atom. The molecule has 3 nitrogen and oxygen atoms in total. The molecule has 2 heterocycles. The van der Waals surface area contributed by atoms with Crippen molar-refractivity contribution in [2.75, 3.05) is 0 Å². The second-order valence-corrected chi connectivity index (χ2v) is 2.81. The molecule has 2 aromatic rings. The second kappa shape index (κ2) is 2.62. The number of aromatic nitrogens is 3. The van der Waals surface area contributed by atoms with E-state index < -0.39 is 0 Å². The monoisotopic (exact) mass is 211 g/mol. The van der Waals surface area contributed by atoms with Gasteiger partial charge in [0.15, 0.2) is 5.65 Å². The van der Waals surface area contributed by atoms with E-state index in [-0.39, 0.29) is 0 Å². The van der Waals surface area contributed by atoms with Crippen LogP contribution in [0, 0.1) is 0 Å². The van der Waals surface area contributed by atoms with Crippen molar-refractivity contribution in [3.63, 3.8) is 0 Å². The van der Waals surface area contributed by atoms with Crippen molar-refractivity contribution in [1.29, 1.82) is 0 Å². The molecule has 0 unspecified atom stereocenters. The van der Waals surface area contributed by atoms with Gasteiger partial charge in [-0.2, -0.15) is 0 Å². The Bertz CT molecular complexity index is 368. The molecule has 0 atom stereocenters. The van der Waals surface area contributed by atoms with Gasteiger partial charge in [0.1, 0.15) is 0 Å². The van der Waals surface area contributed by atoms with E-state index >= 15 is 0 Å². The van der Waals surface area contributed by atoms with E-state index in [1.165, 1.54) is 0 Å². The number of alkyl halides is 1. The van der Waals surface area contributed by atoms with E-state index in [9.17, 15) is 0 Å². The summed E-state index contributed by atoms with van der Waals surface area (Å²) >= 11 is 3.36. The van der Waals surface area contributed by atoms with Crippen molar-refractivity contribution < 1.29 is 0 Å². The third kappa shape index (κ3) is 1.14. The predicted molar refractivity (Wildman–Crippen MR) is 46.5 cm³/mol. The molecule has 0 bridgehead atoms. The summed E-state index contributed by atoms with van der Waals surface area (Å²) in [4.78, 5) is 11.2. The van der Waals surface area contributed by atoms with Gasteiger partial charge in [-0.25, -0.2) is 9.97 Å². The Kier molecular flexibility index (Phi) is 1.62. The van der Waals surface area contributed by atoms with Gasteiger partial charge in [0.05, 0.1) is 11.8 Å². The van der Waals surface area contributed by atoms with Crippen LogP contribution >= 0.6 is 15.9 Å². The Hall–Kier alpha value is -0.900. The van der Waals surface area contributed by atoms with Crippen LogP contribution < -0.4 is 0 Å². The molecule has 1 N–H and O–H groups in total. The number of halogens is 1. The van der Waals surface area contributed by atoms with E-state index in [1.807, 2.05) is 12.3 Å². The summed E-state index contributed by atoms with van der Waals surface area (Å²) in [6.07, 6.45) is 3.47. The number of pyridine rings is 1. The van der Waals surface area contributed by atoms with E-state index in [0.717, 1.165) is 22.1 Å². The predicted octanol–water partition coefficient (Wildman–Crippen LogP) is 1.85. The lowest BCUT2D eigenvalue weighted by molar-refractivity contribution is 1.27. The maximum atomic E-state index is 4.14. The summed E-state index contributed by atoms with van der Waals surface area (Å²) in [7, 11) is 0. The first-order chi connectivity index (χ1) is 5.40. The van der Waals surface area contributed by atoms with Crippen molar-refractivity contribution in [3.8, 4) is 0 Å². The fraction of sp³-hybridized carbons (Fsp3) is 0.143. The van der Waals surface area contributed by atoms with Gasteiger partial charge < -0.3 is 4.98 Å². The number of nitrogens with one attached hydrogen (secondary N) is 1. The molecule has 0 aliphatic rings. The normalized spacial score (nSPS) is 10.6. The van der Waals surface area contributed by atoms with E-state index in [4.69, 9.17) is 0 Å². The van der Waals surface area contributed by atoms with Gasteiger partial charge in [0, 0.05) is 11.5 Å². The van der Waals surface area contributed by atoms with Crippen LogP contribution in [0.1, 0.15) is 5.56 Å². The molecule has 0 aromatic carbocycles. The maximum Gasteiger partial charge on any atom is 0.177 e. The molecular weight excluding hydrogens is 206 g/mol. The van der Waals surface area contributed by atoms with Crippen LogP contribution in [0.3, 0.4) is 0 Å². The first-order valence-electron chi connectivity index (χ1n) is 3.24. The standard InChI is InChI=1S/C7H6BrN3/c8-2-5-1-6-7(9-3-5)11-4-10-6/h1,3-4H,2H2,(H,9,10,11). The van der Waals surface area contributed by atoms with Crippen molar-refractivity contribution in [2.45, 2.75) is 5.33 Å². The number of nitrogens with zero attached hydrogens (tertiary/aromatic N) is 2. The number of aromatic amines is 1. The summed E-state index contributed by atoms with van der Waals surface area (Å²) in [6.45, 7) is 0. The lowest BCUT2D eigenvalue weighted by atomic mass is 10.3. The third-order valence-corrected chi connectivity index (χ3v) is 2.13. The smallest absolute Gasteiger partial charge is 0.177 e. The Balaban J connectivity index is 2.67. The minimum absolute atomic E-state index is 0.773. The zero-order chi connectivity index (χ0) is 7.68. The van der Waals surface area contributed by atoms with Gasteiger partial charge >= 0.3 is 0 Å². The number of H-pyrrole nitrogens is 1. The molecule has 0 amide bonds. The van der Waals surface area contributed by atoms with Gasteiger partial charge in [0.25, 0.3) is 0 Å². The van der Waals surface area contributed by atoms with E-state index in [1.54, 1.807) is 6.33 Å². The van der Waals surface area contributed by atoms with Crippen molar-refractivity contribution in [1.82, 2.24) is 15.0 Å². The van der Waals surface area contributed by atoms with Gasteiger partial charge in [-0.15, -0.1) is 0 Å². The minimum Gasteiger partial charge on any atom is -0.343 e. The highest BCUT2D eigenvalue weighted by molar-refractivity contribution is 9.08.